The fraction of sp³-hybridized carbons (Fsp3) is 0.684. The molecule has 2 saturated heterocycles. The summed E-state index contributed by atoms with van der Waals surface area (Å²) < 4.78 is 6.16. The zero-order valence-corrected chi connectivity index (χ0v) is 14.2. The summed E-state index contributed by atoms with van der Waals surface area (Å²) in [5.41, 5.74) is 2.54. The molecule has 0 amide bonds. The van der Waals surface area contributed by atoms with Gasteiger partial charge < -0.3 is 4.74 Å². The van der Waals surface area contributed by atoms with Crippen LogP contribution in [0.1, 0.15) is 70.9 Å². The molecule has 0 aromatic heterocycles. The zero-order valence-electron chi connectivity index (χ0n) is 14.2. The summed E-state index contributed by atoms with van der Waals surface area (Å²) in [5.74, 6) is -0.228. The van der Waals surface area contributed by atoms with Gasteiger partial charge in [-0.1, -0.05) is 64.8 Å². The van der Waals surface area contributed by atoms with Gasteiger partial charge in [-0.15, -0.1) is 0 Å². The minimum absolute atomic E-state index is 0.157. The largest absolute Gasteiger partial charge is 0.311 e. The van der Waals surface area contributed by atoms with Gasteiger partial charge in [-0.2, -0.15) is 4.89 Å². The van der Waals surface area contributed by atoms with Crippen LogP contribution in [0.15, 0.2) is 24.3 Å². The fourth-order valence-electron chi connectivity index (χ4n) is 3.37. The maximum Gasteiger partial charge on any atom is 0.230 e. The highest BCUT2D eigenvalue weighted by Gasteiger charge is 2.51. The number of ether oxygens (including phenoxy) is 1. The smallest absolute Gasteiger partial charge is 0.230 e. The summed E-state index contributed by atoms with van der Waals surface area (Å²) in [7, 11) is 0. The summed E-state index contributed by atoms with van der Waals surface area (Å²) in [6.07, 6.45) is 5.36. The van der Waals surface area contributed by atoms with Gasteiger partial charge in [0.1, 0.15) is 0 Å². The molecule has 0 spiro atoms. The summed E-state index contributed by atoms with van der Waals surface area (Å²) in [5, 5.41) is 0. The molecule has 3 unspecified atom stereocenters. The molecule has 2 heterocycles. The molecule has 3 rings (SSSR count). The normalized spacial score (nSPS) is 31.5. The number of hydrogen-bond acceptors (Lipinski definition) is 3. The SMILES string of the molecule is CCCCC1CCC2(c3ccc(C(C)(C)C)cc3)OOC1O2. The standard InChI is InChI=1S/C19H28O3/c1-5-6-7-14-12-13-19(20-17(14)21-22-19)16-10-8-15(9-11-16)18(2,3)4/h8-11,14,17H,5-7,12-13H2,1-4H3. The zero-order chi connectivity index (χ0) is 15.8. The van der Waals surface area contributed by atoms with E-state index in [1.54, 1.807) is 0 Å². The van der Waals surface area contributed by atoms with E-state index in [2.05, 4.69) is 52.0 Å². The van der Waals surface area contributed by atoms with Crippen LogP contribution >= 0.6 is 0 Å². The molecule has 1 aromatic rings. The summed E-state index contributed by atoms with van der Waals surface area (Å²) in [4.78, 5) is 11.2. The first-order chi connectivity index (χ1) is 10.4. The lowest BCUT2D eigenvalue weighted by molar-refractivity contribution is -0.333. The first-order valence-electron chi connectivity index (χ1n) is 8.58. The highest BCUT2D eigenvalue weighted by molar-refractivity contribution is 5.30. The van der Waals surface area contributed by atoms with Crippen molar-refractivity contribution in [1.82, 2.24) is 0 Å². The third-order valence-electron chi connectivity index (χ3n) is 4.93. The van der Waals surface area contributed by atoms with E-state index in [4.69, 9.17) is 14.5 Å². The third-order valence-corrected chi connectivity index (χ3v) is 4.93. The fourth-order valence-corrected chi connectivity index (χ4v) is 3.37. The summed E-state index contributed by atoms with van der Waals surface area (Å²) in [6, 6.07) is 8.60. The Morgan fingerprint density at radius 1 is 1.18 bits per heavy atom. The van der Waals surface area contributed by atoms with E-state index >= 15 is 0 Å². The van der Waals surface area contributed by atoms with Crippen LogP contribution < -0.4 is 0 Å². The number of rotatable bonds is 4. The van der Waals surface area contributed by atoms with E-state index in [-0.39, 0.29) is 11.7 Å². The van der Waals surface area contributed by atoms with Crippen LogP contribution in [0.25, 0.3) is 0 Å². The number of benzene rings is 1. The van der Waals surface area contributed by atoms with Crippen LogP contribution in [0.2, 0.25) is 0 Å². The average molecular weight is 304 g/mol. The Balaban J connectivity index is 1.74. The maximum atomic E-state index is 6.16. The van der Waals surface area contributed by atoms with E-state index < -0.39 is 5.79 Å². The lowest BCUT2D eigenvalue weighted by Gasteiger charge is -2.33. The Morgan fingerprint density at radius 3 is 2.55 bits per heavy atom. The van der Waals surface area contributed by atoms with Crippen molar-refractivity contribution in [2.24, 2.45) is 5.92 Å². The van der Waals surface area contributed by atoms with E-state index in [0.29, 0.717) is 5.92 Å². The van der Waals surface area contributed by atoms with Crippen molar-refractivity contribution in [3.8, 4) is 0 Å². The number of unbranched alkanes of at least 4 members (excludes halogenated alkanes) is 1. The van der Waals surface area contributed by atoms with Crippen LogP contribution in [0.3, 0.4) is 0 Å². The Bertz CT molecular complexity index is 502. The van der Waals surface area contributed by atoms with Gasteiger partial charge in [0, 0.05) is 17.9 Å². The molecule has 3 heteroatoms. The molecule has 3 atom stereocenters. The molecule has 0 saturated carbocycles. The lowest BCUT2D eigenvalue weighted by atomic mass is 9.84. The van der Waals surface area contributed by atoms with Crippen LogP contribution in [-0.4, -0.2) is 6.29 Å². The number of hydrogen-bond donors (Lipinski definition) is 0. The van der Waals surface area contributed by atoms with Crippen LogP contribution in [0.4, 0.5) is 0 Å². The first-order valence-corrected chi connectivity index (χ1v) is 8.58. The predicted octanol–water partition coefficient (Wildman–Crippen LogP) is 5.04. The highest BCUT2D eigenvalue weighted by Crippen LogP contribution is 2.48. The topological polar surface area (TPSA) is 27.7 Å². The second kappa shape index (κ2) is 5.95. The monoisotopic (exact) mass is 304 g/mol. The van der Waals surface area contributed by atoms with Crippen molar-refractivity contribution >= 4 is 0 Å². The number of fused-ring (bicyclic) bond motifs is 2. The Kier molecular flexibility index (Phi) is 4.32. The molecule has 2 aliphatic heterocycles. The van der Waals surface area contributed by atoms with Gasteiger partial charge in [0.2, 0.25) is 5.79 Å². The van der Waals surface area contributed by atoms with Crippen LogP contribution in [-0.2, 0) is 25.7 Å². The first kappa shape index (κ1) is 16.0. The van der Waals surface area contributed by atoms with Crippen molar-refractivity contribution in [3.05, 3.63) is 35.4 Å². The van der Waals surface area contributed by atoms with Gasteiger partial charge >= 0.3 is 0 Å². The Labute approximate surface area is 133 Å². The van der Waals surface area contributed by atoms with E-state index in [1.807, 2.05) is 0 Å². The van der Waals surface area contributed by atoms with E-state index in [1.165, 1.54) is 18.4 Å². The molecule has 3 nitrogen and oxygen atoms in total. The predicted molar refractivity (Wildman–Crippen MR) is 86.1 cm³/mol. The molecular weight excluding hydrogens is 276 g/mol. The van der Waals surface area contributed by atoms with Gasteiger partial charge in [0.05, 0.1) is 0 Å². The molecule has 2 aliphatic rings. The molecule has 2 fully saturated rings. The minimum Gasteiger partial charge on any atom is -0.311 e. The van der Waals surface area contributed by atoms with Gasteiger partial charge in [-0.05, 0) is 23.8 Å². The third kappa shape index (κ3) is 2.94. The molecule has 2 bridgehead atoms. The molecule has 0 radical (unpaired) electrons. The van der Waals surface area contributed by atoms with Crippen LogP contribution in [0, 0.1) is 5.92 Å². The van der Waals surface area contributed by atoms with Crippen LogP contribution in [0.5, 0.6) is 0 Å². The Morgan fingerprint density at radius 2 is 1.91 bits per heavy atom. The second-order valence-electron chi connectivity index (χ2n) is 7.69. The molecule has 0 N–H and O–H groups in total. The highest BCUT2D eigenvalue weighted by atomic mass is 17.3. The molecule has 1 aromatic carbocycles. The summed E-state index contributed by atoms with van der Waals surface area (Å²) in [6.45, 7) is 8.89. The summed E-state index contributed by atoms with van der Waals surface area (Å²) >= 11 is 0. The maximum absolute atomic E-state index is 6.16. The molecule has 22 heavy (non-hydrogen) atoms. The van der Waals surface area contributed by atoms with Gasteiger partial charge in [-0.25, -0.2) is 4.89 Å². The quantitative estimate of drug-likeness (QED) is 0.729. The van der Waals surface area contributed by atoms with E-state index in [0.717, 1.165) is 24.8 Å². The van der Waals surface area contributed by atoms with E-state index in [9.17, 15) is 0 Å². The molecule has 122 valence electrons. The van der Waals surface area contributed by atoms with Crippen molar-refractivity contribution in [3.63, 3.8) is 0 Å². The van der Waals surface area contributed by atoms with Crippen molar-refractivity contribution < 1.29 is 14.5 Å². The molecule has 0 aliphatic carbocycles. The minimum atomic E-state index is -0.691. The second-order valence-corrected chi connectivity index (χ2v) is 7.69. The Hall–Kier alpha value is -0.900. The van der Waals surface area contributed by atoms with Crippen molar-refractivity contribution in [2.45, 2.75) is 77.3 Å². The lowest BCUT2D eigenvalue weighted by Crippen LogP contribution is -2.36. The van der Waals surface area contributed by atoms with Gasteiger partial charge in [-0.3, -0.25) is 0 Å². The van der Waals surface area contributed by atoms with Gasteiger partial charge in [0.25, 0.3) is 0 Å². The molecular formula is C19H28O3. The van der Waals surface area contributed by atoms with Crippen molar-refractivity contribution in [2.75, 3.05) is 0 Å². The van der Waals surface area contributed by atoms with Crippen molar-refractivity contribution in [1.29, 1.82) is 0 Å². The van der Waals surface area contributed by atoms with Gasteiger partial charge in [0.15, 0.2) is 6.29 Å². The average Bonchev–Trinajstić information content (AvgIpc) is 2.85.